The van der Waals surface area contributed by atoms with E-state index in [9.17, 15) is 13.2 Å². The average Bonchev–Trinajstić information content (AvgIpc) is 2.62. The molecular formula is C16H15Cl2NO6S. The first-order valence-corrected chi connectivity index (χ1v) is 9.29. The lowest BCUT2D eigenvalue weighted by Crippen LogP contribution is -2.16. The monoisotopic (exact) mass is 419 g/mol. The quantitative estimate of drug-likeness (QED) is 0.719. The van der Waals surface area contributed by atoms with Crippen LogP contribution in [0, 0.1) is 0 Å². The number of benzene rings is 2. The Morgan fingerprint density at radius 2 is 1.58 bits per heavy atom. The Morgan fingerprint density at radius 1 is 0.962 bits per heavy atom. The molecule has 0 spiro atoms. The molecule has 0 fully saturated rings. The second-order valence-electron chi connectivity index (χ2n) is 4.93. The van der Waals surface area contributed by atoms with Crippen molar-refractivity contribution in [2.45, 2.75) is 4.90 Å². The van der Waals surface area contributed by atoms with Gasteiger partial charge in [-0.05, 0) is 18.2 Å². The van der Waals surface area contributed by atoms with Crippen LogP contribution in [0.15, 0.2) is 35.2 Å². The first-order valence-electron chi connectivity index (χ1n) is 7.05. The van der Waals surface area contributed by atoms with Crippen LogP contribution in [0.3, 0.4) is 0 Å². The van der Waals surface area contributed by atoms with Crippen LogP contribution in [0.4, 0.5) is 5.69 Å². The predicted octanol–water partition coefficient (Wildman–Crippen LogP) is 3.60. The normalized spacial score (nSPS) is 11.0. The third kappa shape index (κ3) is 4.14. The van der Waals surface area contributed by atoms with Crippen LogP contribution in [0.2, 0.25) is 10.0 Å². The van der Waals surface area contributed by atoms with Crippen molar-refractivity contribution in [3.05, 3.63) is 45.9 Å². The molecule has 0 atom stereocenters. The van der Waals surface area contributed by atoms with Crippen molar-refractivity contribution in [1.82, 2.24) is 0 Å². The van der Waals surface area contributed by atoms with Gasteiger partial charge in [-0.15, -0.1) is 0 Å². The summed E-state index contributed by atoms with van der Waals surface area (Å²) in [6.45, 7) is 0. The number of ether oxygens (including phenoxy) is 3. The molecule has 7 nitrogen and oxygen atoms in total. The molecule has 0 radical (unpaired) electrons. The molecule has 0 aromatic heterocycles. The lowest BCUT2D eigenvalue weighted by Gasteiger charge is -2.15. The summed E-state index contributed by atoms with van der Waals surface area (Å²) in [6, 6.07) is 6.48. The van der Waals surface area contributed by atoms with E-state index >= 15 is 0 Å². The maximum atomic E-state index is 12.6. The summed E-state index contributed by atoms with van der Waals surface area (Å²) in [6.07, 6.45) is 0. The Balaban J connectivity index is 2.55. The van der Waals surface area contributed by atoms with Crippen LogP contribution in [-0.2, 0) is 14.8 Å². The van der Waals surface area contributed by atoms with Gasteiger partial charge >= 0.3 is 5.97 Å². The van der Waals surface area contributed by atoms with Crippen molar-refractivity contribution in [2.24, 2.45) is 0 Å². The highest BCUT2D eigenvalue weighted by Crippen LogP contribution is 2.35. The van der Waals surface area contributed by atoms with Crippen LogP contribution in [-0.4, -0.2) is 35.7 Å². The van der Waals surface area contributed by atoms with Gasteiger partial charge in [0.05, 0.1) is 47.5 Å². The number of methoxy groups -OCH3 is 3. The number of esters is 1. The molecule has 10 heteroatoms. The smallest absolute Gasteiger partial charge is 0.340 e. The van der Waals surface area contributed by atoms with E-state index in [4.69, 9.17) is 37.4 Å². The fraction of sp³-hybridized carbons (Fsp3) is 0.188. The van der Waals surface area contributed by atoms with Crippen molar-refractivity contribution >= 4 is 44.9 Å². The summed E-state index contributed by atoms with van der Waals surface area (Å²) >= 11 is 11.7. The minimum atomic E-state index is -4.06. The van der Waals surface area contributed by atoms with Crippen LogP contribution in [0.1, 0.15) is 10.4 Å². The molecule has 0 saturated heterocycles. The SMILES string of the molecule is COC(=O)c1cc(OC)c(OC)cc1NS(=O)(=O)c1ccc(Cl)c(Cl)c1. The van der Waals surface area contributed by atoms with Crippen molar-refractivity contribution in [2.75, 3.05) is 26.1 Å². The molecule has 0 aliphatic heterocycles. The predicted molar refractivity (Wildman–Crippen MR) is 98.2 cm³/mol. The van der Waals surface area contributed by atoms with Gasteiger partial charge in [-0.2, -0.15) is 0 Å². The number of carbonyl (C=O) groups is 1. The van der Waals surface area contributed by atoms with E-state index in [0.29, 0.717) is 0 Å². The molecule has 0 heterocycles. The minimum Gasteiger partial charge on any atom is -0.493 e. The van der Waals surface area contributed by atoms with Gasteiger partial charge in [-0.3, -0.25) is 4.72 Å². The Morgan fingerprint density at radius 3 is 2.12 bits per heavy atom. The summed E-state index contributed by atoms with van der Waals surface area (Å²) in [5.74, 6) is -0.282. The van der Waals surface area contributed by atoms with Gasteiger partial charge in [-0.25, -0.2) is 13.2 Å². The van der Waals surface area contributed by atoms with Crippen LogP contribution in [0.25, 0.3) is 0 Å². The van der Waals surface area contributed by atoms with E-state index in [1.807, 2.05) is 0 Å². The fourth-order valence-corrected chi connectivity index (χ4v) is 3.55. The zero-order chi connectivity index (χ0) is 19.5. The molecule has 2 aromatic carbocycles. The first kappa shape index (κ1) is 20.2. The molecule has 0 amide bonds. The zero-order valence-electron chi connectivity index (χ0n) is 14.0. The molecule has 1 N–H and O–H groups in total. The topological polar surface area (TPSA) is 90.9 Å². The molecule has 0 saturated carbocycles. The summed E-state index contributed by atoms with van der Waals surface area (Å²) in [4.78, 5) is 11.9. The number of nitrogens with one attached hydrogen (secondary N) is 1. The lowest BCUT2D eigenvalue weighted by atomic mass is 10.1. The van der Waals surface area contributed by atoms with Gasteiger partial charge < -0.3 is 14.2 Å². The maximum absolute atomic E-state index is 12.6. The summed E-state index contributed by atoms with van der Waals surface area (Å²) in [5, 5.41) is 0.294. The average molecular weight is 420 g/mol. The number of sulfonamides is 1. The van der Waals surface area contributed by atoms with Crippen molar-refractivity contribution in [1.29, 1.82) is 0 Å². The fourth-order valence-electron chi connectivity index (χ4n) is 2.09. The first-order chi connectivity index (χ1) is 12.2. The van der Waals surface area contributed by atoms with E-state index in [2.05, 4.69) is 4.72 Å². The zero-order valence-corrected chi connectivity index (χ0v) is 16.3. The molecule has 2 aromatic rings. The largest absolute Gasteiger partial charge is 0.493 e. The molecule has 0 aliphatic carbocycles. The second kappa shape index (κ2) is 8.03. The summed E-state index contributed by atoms with van der Waals surface area (Å²) in [5.41, 5.74) is -0.0886. The number of halogens is 2. The maximum Gasteiger partial charge on any atom is 0.340 e. The second-order valence-corrected chi connectivity index (χ2v) is 7.42. The highest BCUT2D eigenvalue weighted by Gasteiger charge is 2.23. The number of anilines is 1. The van der Waals surface area contributed by atoms with Crippen LogP contribution in [0.5, 0.6) is 11.5 Å². The highest BCUT2D eigenvalue weighted by molar-refractivity contribution is 7.92. The molecule has 2 rings (SSSR count). The minimum absolute atomic E-state index is 0.0411. The van der Waals surface area contributed by atoms with Crippen molar-refractivity contribution in [3.63, 3.8) is 0 Å². The summed E-state index contributed by atoms with van der Waals surface area (Å²) < 4.78 is 42.6. The molecule has 0 bridgehead atoms. The van der Waals surface area contributed by atoms with Gasteiger partial charge in [0.25, 0.3) is 10.0 Å². The van der Waals surface area contributed by atoms with Gasteiger partial charge in [0, 0.05) is 12.1 Å². The standard InChI is InChI=1S/C16H15Cl2NO6S/c1-23-14-7-10(16(20)25-3)13(8-15(14)24-2)19-26(21,22)9-4-5-11(17)12(18)6-9/h4-8,19H,1-3H3. The third-order valence-electron chi connectivity index (χ3n) is 3.37. The number of carbonyl (C=O) groups excluding carboxylic acids is 1. The van der Waals surface area contributed by atoms with Gasteiger partial charge in [0.15, 0.2) is 11.5 Å². The Labute approximate surface area is 160 Å². The Bertz CT molecular complexity index is 946. The lowest BCUT2D eigenvalue weighted by molar-refractivity contribution is 0.0601. The van der Waals surface area contributed by atoms with E-state index in [1.165, 1.54) is 51.7 Å². The van der Waals surface area contributed by atoms with Gasteiger partial charge in [0.2, 0.25) is 0 Å². The Hall–Kier alpha value is -2.16. The van der Waals surface area contributed by atoms with E-state index in [1.54, 1.807) is 0 Å². The number of rotatable bonds is 6. The van der Waals surface area contributed by atoms with Gasteiger partial charge in [-0.1, -0.05) is 23.2 Å². The van der Waals surface area contributed by atoms with E-state index in [0.717, 1.165) is 0 Å². The van der Waals surface area contributed by atoms with Crippen molar-refractivity contribution in [3.8, 4) is 11.5 Å². The molecule has 0 aliphatic rings. The highest BCUT2D eigenvalue weighted by atomic mass is 35.5. The molecule has 26 heavy (non-hydrogen) atoms. The third-order valence-corrected chi connectivity index (χ3v) is 5.48. The molecule has 0 unspecified atom stereocenters. The van der Waals surface area contributed by atoms with Crippen molar-refractivity contribution < 1.29 is 27.4 Å². The van der Waals surface area contributed by atoms with E-state index in [-0.39, 0.29) is 37.7 Å². The van der Waals surface area contributed by atoms with E-state index < -0.39 is 16.0 Å². The summed E-state index contributed by atoms with van der Waals surface area (Å²) in [7, 11) is -0.113. The molecule has 140 valence electrons. The Kier molecular flexibility index (Phi) is 6.22. The molecular weight excluding hydrogens is 405 g/mol. The van der Waals surface area contributed by atoms with Gasteiger partial charge in [0.1, 0.15) is 0 Å². The van der Waals surface area contributed by atoms with Crippen LogP contribution >= 0.6 is 23.2 Å². The number of hydrogen-bond donors (Lipinski definition) is 1. The number of hydrogen-bond acceptors (Lipinski definition) is 6. The van der Waals surface area contributed by atoms with Crippen LogP contribution < -0.4 is 14.2 Å².